The molecule has 0 unspecified atom stereocenters. The summed E-state index contributed by atoms with van der Waals surface area (Å²) < 4.78 is 9.02. The Kier molecular flexibility index (Phi) is 3.08. The molecule has 3 aromatic rings. The van der Waals surface area contributed by atoms with Gasteiger partial charge in [-0.3, -0.25) is 13.9 Å². The Balaban J connectivity index is 2.04. The number of hydrogen-bond acceptors (Lipinski definition) is 3. The lowest BCUT2D eigenvalue weighted by atomic mass is 10.0. The van der Waals surface area contributed by atoms with E-state index in [0.29, 0.717) is 18.9 Å². The third-order valence-corrected chi connectivity index (χ3v) is 4.14. The number of carbonyl (C=O) groups is 1. The Morgan fingerprint density at radius 1 is 1.17 bits per heavy atom. The van der Waals surface area contributed by atoms with Crippen LogP contribution in [-0.2, 0) is 17.9 Å². The van der Waals surface area contributed by atoms with Gasteiger partial charge in [0.05, 0.1) is 18.6 Å². The third kappa shape index (κ3) is 2.16. The number of hydrogen-bond donors (Lipinski definition) is 0. The summed E-state index contributed by atoms with van der Waals surface area (Å²) in [5.74, 6) is 0.657. The van der Waals surface area contributed by atoms with Crippen LogP contribution in [0.5, 0.6) is 5.75 Å². The first-order chi connectivity index (χ1) is 11.1. The number of aromatic nitrogens is 2. The number of ketones is 1. The number of ether oxygens (including phenoxy) is 1. The van der Waals surface area contributed by atoms with Gasteiger partial charge in [-0.1, -0.05) is 30.3 Å². The van der Waals surface area contributed by atoms with E-state index < -0.39 is 0 Å². The fraction of sp³-hybridized carbons (Fsp3) is 0.222. The predicted octanol–water partition coefficient (Wildman–Crippen LogP) is 2.45. The molecular weight excluding hydrogens is 292 g/mol. The number of imidazole rings is 1. The van der Waals surface area contributed by atoms with E-state index in [2.05, 4.69) is 0 Å². The van der Waals surface area contributed by atoms with Gasteiger partial charge in [-0.2, -0.15) is 0 Å². The van der Waals surface area contributed by atoms with Crippen LogP contribution in [-0.4, -0.2) is 21.5 Å². The van der Waals surface area contributed by atoms with Crippen LogP contribution in [0.25, 0.3) is 22.2 Å². The SMILES string of the molecule is CC(=O)Cn1c(=O)n2c3c(cc(-c4ccccc4)cc31)OCC2. The van der Waals surface area contributed by atoms with Crippen molar-refractivity contribution in [1.29, 1.82) is 0 Å². The molecule has 1 aromatic heterocycles. The Bertz CT molecular complexity index is 967. The van der Waals surface area contributed by atoms with E-state index in [4.69, 9.17) is 4.74 Å². The Morgan fingerprint density at radius 2 is 1.96 bits per heavy atom. The molecule has 1 aliphatic heterocycles. The fourth-order valence-corrected chi connectivity index (χ4v) is 3.15. The molecule has 0 aliphatic carbocycles. The van der Waals surface area contributed by atoms with Crippen LogP contribution in [0.15, 0.2) is 47.3 Å². The number of benzene rings is 2. The first kappa shape index (κ1) is 13.8. The van der Waals surface area contributed by atoms with Gasteiger partial charge in [0.1, 0.15) is 23.7 Å². The highest BCUT2D eigenvalue weighted by molar-refractivity contribution is 5.90. The molecule has 0 saturated carbocycles. The molecule has 0 amide bonds. The second-order valence-electron chi connectivity index (χ2n) is 5.78. The third-order valence-electron chi connectivity index (χ3n) is 4.14. The molecule has 0 N–H and O–H groups in total. The average molecular weight is 308 g/mol. The van der Waals surface area contributed by atoms with E-state index in [1.807, 2.05) is 42.5 Å². The zero-order valence-electron chi connectivity index (χ0n) is 12.8. The van der Waals surface area contributed by atoms with Crippen molar-refractivity contribution in [3.8, 4) is 16.9 Å². The number of carbonyl (C=O) groups excluding carboxylic acids is 1. The maximum absolute atomic E-state index is 12.6. The molecule has 23 heavy (non-hydrogen) atoms. The minimum Gasteiger partial charge on any atom is -0.489 e. The monoisotopic (exact) mass is 308 g/mol. The van der Waals surface area contributed by atoms with E-state index in [0.717, 1.165) is 22.2 Å². The van der Waals surface area contributed by atoms with Gasteiger partial charge in [-0.25, -0.2) is 4.79 Å². The van der Waals surface area contributed by atoms with Gasteiger partial charge in [0, 0.05) is 0 Å². The van der Waals surface area contributed by atoms with Gasteiger partial charge in [-0.05, 0) is 30.2 Å². The molecule has 0 atom stereocenters. The summed E-state index contributed by atoms with van der Waals surface area (Å²) in [5.41, 5.74) is 3.41. The standard InChI is InChI=1S/C18H16N2O3/c1-12(21)11-20-15-9-14(13-5-3-2-4-6-13)10-16-17(15)19(18(20)22)7-8-23-16/h2-6,9-10H,7-8,11H2,1H3. The molecule has 0 bridgehead atoms. The van der Waals surface area contributed by atoms with E-state index >= 15 is 0 Å². The van der Waals surface area contributed by atoms with Crippen molar-refractivity contribution < 1.29 is 9.53 Å². The summed E-state index contributed by atoms with van der Waals surface area (Å²) in [6, 6.07) is 13.9. The molecule has 1 aliphatic rings. The molecule has 5 nitrogen and oxygen atoms in total. The van der Waals surface area contributed by atoms with Crippen molar-refractivity contribution in [2.45, 2.75) is 20.0 Å². The lowest BCUT2D eigenvalue weighted by Crippen LogP contribution is -2.29. The van der Waals surface area contributed by atoms with Crippen LogP contribution in [0.1, 0.15) is 6.92 Å². The maximum Gasteiger partial charge on any atom is 0.329 e. The Morgan fingerprint density at radius 3 is 2.70 bits per heavy atom. The zero-order chi connectivity index (χ0) is 16.0. The number of Topliss-reactive ketones (excluding diaryl/α,β-unsaturated/α-hetero) is 1. The molecule has 4 rings (SSSR count). The first-order valence-corrected chi connectivity index (χ1v) is 7.60. The molecule has 0 fully saturated rings. The van der Waals surface area contributed by atoms with Crippen molar-refractivity contribution in [3.05, 3.63) is 52.9 Å². The molecule has 2 aromatic carbocycles. The molecular formula is C18H16N2O3. The van der Waals surface area contributed by atoms with Crippen LogP contribution < -0.4 is 10.4 Å². The van der Waals surface area contributed by atoms with Crippen molar-refractivity contribution in [2.75, 3.05) is 6.61 Å². The second kappa shape index (κ2) is 5.12. The summed E-state index contributed by atoms with van der Waals surface area (Å²) in [7, 11) is 0. The average Bonchev–Trinajstić information content (AvgIpc) is 2.83. The quantitative estimate of drug-likeness (QED) is 0.747. The van der Waals surface area contributed by atoms with E-state index in [1.54, 1.807) is 9.13 Å². The minimum atomic E-state index is -0.148. The van der Waals surface area contributed by atoms with Gasteiger partial charge in [-0.15, -0.1) is 0 Å². The van der Waals surface area contributed by atoms with E-state index in [9.17, 15) is 9.59 Å². The summed E-state index contributed by atoms with van der Waals surface area (Å²) >= 11 is 0. The second-order valence-corrected chi connectivity index (χ2v) is 5.78. The van der Waals surface area contributed by atoms with Crippen molar-refractivity contribution in [1.82, 2.24) is 9.13 Å². The predicted molar refractivity (Wildman–Crippen MR) is 87.8 cm³/mol. The van der Waals surface area contributed by atoms with Crippen molar-refractivity contribution >= 4 is 16.8 Å². The highest BCUT2D eigenvalue weighted by Crippen LogP contribution is 2.34. The van der Waals surface area contributed by atoms with Crippen molar-refractivity contribution in [3.63, 3.8) is 0 Å². The van der Waals surface area contributed by atoms with Crippen LogP contribution in [0.2, 0.25) is 0 Å². The van der Waals surface area contributed by atoms with Crippen LogP contribution in [0.3, 0.4) is 0 Å². The summed E-state index contributed by atoms with van der Waals surface area (Å²) in [4.78, 5) is 24.2. The van der Waals surface area contributed by atoms with Crippen LogP contribution >= 0.6 is 0 Å². The first-order valence-electron chi connectivity index (χ1n) is 7.60. The molecule has 116 valence electrons. The topological polar surface area (TPSA) is 53.2 Å². The Labute approximate surface area is 132 Å². The maximum atomic E-state index is 12.6. The number of rotatable bonds is 3. The van der Waals surface area contributed by atoms with E-state index in [1.165, 1.54) is 6.92 Å². The summed E-state index contributed by atoms with van der Waals surface area (Å²) in [6.45, 7) is 2.55. The Hall–Kier alpha value is -2.82. The molecule has 0 spiro atoms. The highest BCUT2D eigenvalue weighted by Gasteiger charge is 2.22. The molecule has 0 saturated heterocycles. The number of nitrogens with zero attached hydrogens (tertiary/aromatic N) is 2. The van der Waals surface area contributed by atoms with E-state index in [-0.39, 0.29) is 18.0 Å². The fourth-order valence-electron chi connectivity index (χ4n) is 3.15. The van der Waals surface area contributed by atoms with Gasteiger partial charge in [0.2, 0.25) is 0 Å². The molecule has 5 heteroatoms. The largest absolute Gasteiger partial charge is 0.489 e. The molecule has 0 radical (unpaired) electrons. The highest BCUT2D eigenvalue weighted by atomic mass is 16.5. The normalized spacial score (nSPS) is 13.1. The lowest BCUT2D eigenvalue weighted by Gasteiger charge is -2.16. The van der Waals surface area contributed by atoms with Gasteiger partial charge in [0.25, 0.3) is 0 Å². The smallest absolute Gasteiger partial charge is 0.329 e. The van der Waals surface area contributed by atoms with Crippen LogP contribution in [0, 0.1) is 0 Å². The zero-order valence-corrected chi connectivity index (χ0v) is 12.8. The van der Waals surface area contributed by atoms with Gasteiger partial charge < -0.3 is 4.74 Å². The lowest BCUT2D eigenvalue weighted by molar-refractivity contribution is -0.117. The van der Waals surface area contributed by atoms with Crippen molar-refractivity contribution in [2.24, 2.45) is 0 Å². The molecule has 2 heterocycles. The van der Waals surface area contributed by atoms with Gasteiger partial charge in [0.15, 0.2) is 0 Å². The van der Waals surface area contributed by atoms with Crippen LogP contribution in [0.4, 0.5) is 0 Å². The summed E-state index contributed by atoms with van der Waals surface area (Å²) in [5, 5.41) is 0. The van der Waals surface area contributed by atoms with Gasteiger partial charge >= 0.3 is 5.69 Å². The minimum absolute atomic E-state index is 0.0435. The summed E-state index contributed by atoms with van der Waals surface area (Å²) in [6.07, 6.45) is 0.